The summed E-state index contributed by atoms with van der Waals surface area (Å²) in [6.07, 6.45) is -4.81. The van der Waals surface area contributed by atoms with Crippen molar-refractivity contribution in [3.8, 4) is 0 Å². The van der Waals surface area contributed by atoms with Crippen molar-refractivity contribution in [1.82, 2.24) is 10.6 Å². The number of hydrogen-bond donors (Lipinski definition) is 4. The van der Waals surface area contributed by atoms with Gasteiger partial charge in [0.1, 0.15) is 6.04 Å². The number of benzene rings is 1. The highest BCUT2D eigenvalue weighted by Crippen LogP contribution is 2.22. The van der Waals surface area contributed by atoms with E-state index in [0.717, 1.165) is 6.07 Å². The van der Waals surface area contributed by atoms with Gasteiger partial charge in [0.15, 0.2) is 11.6 Å². The van der Waals surface area contributed by atoms with Crippen LogP contribution >= 0.6 is 0 Å². The van der Waals surface area contributed by atoms with Crippen LogP contribution in [0.3, 0.4) is 0 Å². The van der Waals surface area contributed by atoms with Gasteiger partial charge < -0.3 is 20.8 Å². The number of aliphatic carboxylic acids is 1. The van der Waals surface area contributed by atoms with Crippen LogP contribution in [0.2, 0.25) is 0 Å². The van der Waals surface area contributed by atoms with Crippen LogP contribution < -0.4 is 10.6 Å². The Morgan fingerprint density at radius 3 is 2.30 bits per heavy atom. The molecule has 0 unspecified atom stereocenters. The smallest absolute Gasteiger partial charge is 0.475 e. The Morgan fingerprint density at radius 2 is 1.78 bits per heavy atom. The number of alkyl halides is 3. The van der Waals surface area contributed by atoms with Gasteiger partial charge in [0.2, 0.25) is 5.91 Å². The normalized spacial score (nSPS) is 16.9. The number of rotatable bonds is 2. The zero-order chi connectivity index (χ0) is 20.8. The zero-order valence-electron chi connectivity index (χ0n) is 13.3. The Hall–Kier alpha value is -3.18. The monoisotopic (exact) mass is 396 g/mol. The molecule has 0 saturated heterocycles. The first-order valence-corrected chi connectivity index (χ1v) is 7.14. The average Bonchev–Trinajstić information content (AvgIpc) is 2.72. The van der Waals surface area contributed by atoms with Gasteiger partial charge in [-0.1, -0.05) is 18.2 Å². The highest BCUT2D eigenvalue weighted by atomic mass is 19.4. The van der Waals surface area contributed by atoms with Crippen molar-refractivity contribution < 1.29 is 46.5 Å². The maximum atomic E-state index is 13.7. The van der Waals surface area contributed by atoms with E-state index in [0.29, 0.717) is 5.57 Å². The minimum Gasteiger partial charge on any atom is -0.475 e. The van der Waals surface area contributed by atoms with Crippen LogP contribution in [0, 0.1) is 11.6 Å². The molecular formula is C15H13F5N2O5. The highest BCUT2D eigenvalue weighted by molar-refractivity contribution is 5.88. The van der Waals surface area contributed by atoms with Crippen LogP contribution in [0.15, 0.2) is 24.3 Å². The Morgan fingerprint density at radius 1 is 1.19 bits per heavy atom. The lowest BCUT2D eigenvalue weighted by molar-refractivity contribution is -0.192. The third kappa shape index (κ3) is 6.56. The summed E-state index contributed by atoms with van der Waals surface area (Å²) >= 11 is 0. The van der Waals surface area contributed by atoms with Crippen molar-refractivity contribution in [2.45, 2.75) is 18.6 Å². The first kappa shape index (κ1) is 21.9. The van der Waals surface area contributed by atoms with Crippen LogP contribution in [0.4, 0.5) is 26.7 Å². The van der Waals surface area contributed by atoms with Crippen LogP contribution in [0.25, 0.3) is 5.57 Å². The molecule has 2 amide bonds. The summed E-state index contributed by atoms with van der Waals surface area (Å²) in [5.41, 5.74) is 0.464. The average molecular weight is 396 g/mol. The van der Waals surface area contributed by atoms with Gasteiger partial charge in [-0.15, -0.1) is 0 Å². The fourth-order valence-corrected chi connectivity index (χ4v) is 1.98. The van der Waals surface area contributed by atoms with Crippen molar-refractivity contribution in [1.29, 1.82) is 0 Å². The second kappa shape index (κ2) is 8.96. The van der Waals surface area contributed by atoms with Crippen molar-refractivity contribution >= 4 is 23.5 Å². The van der Waals surface area contributed by atoms with Gasteiger partial charge in [0, 0.05) is 12.1 Å². The number of nitrogens with one attached hydrogen (secondary N) is 2. The van der Waals surface area contributed by atoms with E-state index in [2.05, 4.69) is 10.6 Å². The molecule has 1 aromatic carbocycles. The fourth-order valence-electron chi connectivity index (χ4n) is 1.98. The molecule has 1 aliphatic rings. The van der Waals surface area contributed by atoms with Crippen LogP contribution in [0.1, 0.15) is 12.0 Å². The van der Waals surface area contributed by atoms with E-state index >= 15 is 0 Å². The largest absolute Gasteiger partial charge is 0.490 e. The van der Waals surface area contributed by atoms with E-state index in [4.69, 9.17) is 15.0 Å². The summed E-state index contributed by atoms with van der Waals surface area (Å²) in [6, 6.07) is 2.83. The minimum absolute atomic E-state index is 0.0109. The number of carboxylic acids is 1. The number of amides is 2. The molecule has 0 bridgehead atoms. The van der Waals surface area contributed by atoms with Gasteiger partial charge in [-0.2, -0.15) is 13.2 Å². The molecule has 12 heteroatoms. The number of carboxylic acid groups (broad SMARTS) is 2. The van der Waals surface area contributed by atoms with Crippen LogP contribution in [0.5, 0.6) is 0 Å². The molecule has 27 heavy (non-hydrogen) atoms. The standard InChI is InChI=1S/C13H12F2N2O3.C2HF3O2/c14-9-3-1-2-8(11(9)15)7-4-5-10(17-13(19)20)12(18)16-6-7;3-2(4,5)1(6)7/h1-4,10,17H,5-6H2,(H,16,18)(H,19,20);(H,6,7)/t10-;/m1./s1. The SMILES string of the molecule is O=C(O)C(F)(F)F.O=C(O)N[C@@H]1CC=C(c2cccc(F)c2F)CNC1=O. The lowest BCUT2D eigenvalue weighted by atomic mass is 10.0. The fraction of sp³-hybridized carbons (Fsp3) is 0.267. The first-order valence-electron chi connectivity index (χ1n) is 7.14. The van der Waals surface area contributed by atoms with E-state index in [1.165, 1.54) is 18.2 Å². The van der Waals surface area contributed by atoms with Crippen molar-refractivity contribution in [2.24, 2.45) is 0 Å². The molecule has 1 heterocycles. The summed E-state index contributed by atoms with van der Waals surface area (Å²) in [6.45, 7) is 0.0109. The molecule has 7 nitrogen and oxygen atoms in total. The molecule has 0 fully saturated rings. The zero-order valence-corrected chi connectivity index (χ0v) is 13.3. The van der Waals surface area contributed by atoms with Crippen LogP contribution in [-0.2, 0) is 9.59 Å². The van der Waals surface area contributed by atoms with Crippen molar-refractivity contribution in [3.63, 3.8) is 0 Å². The van der Waals surface area contributed by atoms with Gasteiger partial charge in [0.05, 0.1) is 0 Å². The number of carbonyl (C=O) groups excluding carboxylic acids is 1. The molecule has 148 valence electrons. The maximum absolute atomic E-state index is 13.7. The maximum Gasteiger partial charge on any atom is 0.490 e. The van der Waals surface area contributed by atoms with E-state index in [-0.39, 0.29) is 18.5 Å². The quantitative estimate of drug-likeness (QED) is 0.572. The third-order valence-electron chi connectivity index (χ3n) is 3.21. The molecule has 0 saturated carbocycles. The lowest BCUT2D eigenvalue weighted by Crippen LogP contribution is -2.45. The van der Waals surface area contributed by atoms with Crippen molar-refractivity contribution in [2.75, 3.05) is 6.54 Å². The summed E-state index contributed by atoms with van der Waals surface area (Å²) < 4.78 is 58.6. The van der Waals surface area contributed by atoms with E-state index in [1.54, 1.807) is 0 Å². The Balaban J connectivity index is 0.000000445. The molecule has 0 aliphatic carbocycles. The van der Waals surface area contributed by atoms with E-state index in [1.807, 2.05) is 0 Å². The predicted octanol–water partition coefficient (Wildman–Crippen LogP) is 2.14. The van der Waals surface area contributed by atoms with Gasteiger partial charge in [-0.3, -0.25) is 4.79 Å². The molecule has 1 aromatic rings. The van der Waals surface area contributed by atoms with E-state index in [9.17, 15) is 31.5 Å². The summed E-state index contributed by atoms with van der Waals surface area (Å²) in [5.74, 6) is -5.22. The summed E-state index contributed by atoms with van der Waals surface area (Å²) in [7, 11) is 0. The second-order valence-corrected chi connectivity index (χ2v) is 5.09. The molecule has 0 aromatic heterocycles. The van der Waals surface area contributed by atoms with Gasteiger partial charge in [-0.25, -0.2) is 18.4 Å². The van der Waals surface area contributed by atoms with Crippen molar-refractivity contribution in [3.05, 3.63) is 41.5 Å². The molecule has 0 spiro atoms. The molecule has 0 radical (unpaired) electrons. The number of carbonyl (C=O) groups is 3. The van der Waals surface area contributed by atoms with Gasteiger partial charge in [-0.05, 0) is 18.1 Å². The first-order chi connectivity index (χ1) is 12.4. The lowest BCUT2D eigenvalue weighted by Gasteiger charge is -2.11. The topological polar surface area (TPSA) is 116 Å². The van der Waals surface area contributed by atoms with Gasteiger partial charge in [0.25, 0.3) is 0 Å². The highest BCUT2D eigenvalue weighted by Gasteiger charge is 2.38. The molecular weight excluding hydrogens is 383 g/mol. The Kier molecular flexibility index (Phi) is 7.26. The number of hydrogen-bond acceptors (Lipinski definition) is 3. The predicted molar refractivity (Wildman–Crippen MR) is 80.6 cm³/mol. The minimum atomic E-state index is -5.08. The third-order valence-corrected chi connectivity index (χ3v) is 3.21. The molecule has 1 atom stereocenters. The molecule has 2 rings (SSSR count). The molecule has 1 aliphatic heterocycles. The Bertz CT molecular complexity index is 763. The summed E-state index contributed by atoms with van der Waals surface area (Å²) in [5, 5.41) is 20.3. The van der Waals surface area contributed by atoms with Crippen LogP contribution in [-0.4, -0.2) is 46.9 Å². The number of halogens is 5. The second-order valence-electron chi connectivity index (χ2n) is 5.09. The molecule has 4 N–H and O–H groups in total. The van der Waals surface area contributed by atoms with E-state index < -0.39 is 41.8 Å². The Labute approximate surface area is 148 Å². The summed E-state index contributed by atoms with van der Waals surface area (Å²) in [4.78, 5) is 31.1. The van der Waals surface area contributed by atoms with Gasteiger partial charge >= 0.3 is 18.2 Å².